The summed E-state index contributed by atoms with van der Waals surface area (Å²) < 4.78 is 0. The first-order valence-electron chi connectivity index (χ1n) is 6.36. The molecule has 0 heterocycles. The van der Waals surface area contributed by atoms with Crippen LogP contribution in [0.2, 0.25) is 0 Å². The standard InChI is InChI=1S/C16H25/c1-7-15(3,4)13-11-9-10-12-14(13)16(5,6)8-2/h9,11-12H,7-8H2,1-6H3. The SMILES string of the molecule is CCC(C)(C)c1c[c]ccc1C(C)(C)CC. The quantitative estimate of drug-likeness (QED) is 0.675. The van der Waals surface area contributed by atoms with Gasteiger partial charge >= 0.3 is 0 Å². The number of rotatable bonds is 4. The van der Waals surface area contributed by atoms with E-state index in [1.54, 1.807) is 0 Å². The largest absolute Gasteiger partial charge is 0.0646 e. The molecule has 1 radical (unpaired) electrons. The van der Waals surface area contributed by atoms with Crippen molar-refractivity contribution in [2.45, 2.75) is 65.2 Å². The molecule has 0 nitrogen and oxygen atoms in total. The molecule has 1 aromatic carbocycles. The lowest BCUT2D eigenvalue weighted by Gasteiger charge is -2.33. The highest BCUT2D eigenvalue weighted by Gasteiger charge is 2.28. The first-order chi connectivity index (χ1) is 7.35. The van der Waals surface area contributed by atoms with Crippen molar-refractivity contribution in [2.75, 3.05) is 0 Å². The molecule has 0 unspecified atom stereocenters. The lowest BCUT2D eigenvalue weighted by molar-refractivity contribution is 0.455. The Morgan fingerprint density at radius 3 is 1.94 bits per heavy atom. The summed E-state index contributed by atoms with van der Waals surface area (Å²) in [4.78, 5) is 0. The predicted octanol–water partition coefficient (Wildman–Crippen LogP) is 4.86. The van der Waals surface area contributed by atoms with Gasteiger partial charge in [-0.3, -0.25) is 0 Å². The molecule has 89 valence electrons. The Morgan fingerprint density at radius 1 is 0.938 bits per heavy atom. The third kappa shape index (κ3) is 2.48. The average molecular weight is 217 g/mol. The second kappa shape index (κ2) is 4.61. The van der Waals surface area contributed by atoms with Gasteiger partial charge in [-0.25, -0.2) is 0 Å². The molecule has 0 amide bonds. The van der Waals surface area contributed by atoms with Crippen LogP contribution in [0.15, 0.2) is 18.2 Å². The predicted molar refractivity (Wildman–Crippen MR) is 71.9 cm³/mol. The van der Waals surface area contributed by atoms with Gasteiger partial charge in [0.25, 0.3) is 0 Å². The highest BCUT2D eigenvalue weighted by molar-refractivity contribution is 5.37. The van der Waals surface area contributed by atoms with E-state index < -0.39 is 0 Å². The Morgan fingerprint density at radius 2 is 1.44 bits per heavy atom. The van der Waals surface area contributed by atoms with Crippen molar-refractivity contribution in [1.82, 2.24) is 0 Å². The zero-order chi connectivity index (χ0) is 12.4. The molecule has 0 aliphatic rings. The maximum atomic E-state index is 3.24. The van der Waals surface area contributed by atoms with Crippen molar-refractivity contribution in [1.29, 1.82) is 0 Å². The molecule has 0 bridgehead atoms. The Hall–Kier alpha value is -0.780. The van der Waals surface area contributed by atoms with Gasteiger partial charge in [-0.2, -0.15) is 0 Å². The van der Waals surface area contributed by atoms with Crippen LogP contribution in [0.3, 0.4) is 0 Å². The van der Waals surface area contributed by atoms with Crippen LogP contribution in [0.5, 0.6) is 0 Å². The summed E-state index contributed by atoms with van der Waals surface area (Å²) in [6.07, 6.45) is 2.33. The summed E-state index contributed by atoms with van der Waals surface area (Å²) in [5.41, 5.74) is 3.46. The van der Waals surface area contributed by atoms with E-state index in [1.165, 1.54) is 17.5 Å². The monoisotopic (exact) mass is 217 g/mol. The van der Waals surface area contributed by atoms with E-state index >= 15 is 0 Å². The molecule has 1 aromatic rings. The Balaban J connectivity index is 3.31. The molecule has 0 fully saturated rings. The van der Waals surface area contributed by atoms with Gasteiger partial charge in [0.05, 0.1) is 0 Å². The van der Waals surface area contributed by atoms with E-state index in [2.05, 4.69) is 59.7 Å². The summed E-state index contributed by atoms with van der Waals surface area (Å²) in [7, 11) is 0. The Bertz CT molecular complexity index is 310. The highest BCUT2D eigenvalue weighted by Crippen LogP contribution is 2.37. The summed E-state index contributed by atoms with van der Waals surface area (Å²) in [6, 6.07) is 9.70. The summed E-state index contributed by atoms with van der Waals surface area (Å²) in [6.45, 7) is 13.8. The molecular weight excluding hydrogens is 192 g/mol. The van der Waals surface area contributed by atoms with Gasteiger partial charge in [-0.1, -0.05) is 59.7 Å². The zero-order valence-electron chi connectivity index (χ0n) is 11.6. The molecule has 1 rings (SSSR count). The molecule has 0 aliphatic heterocycles. The molecule has 0 heteroatoms. The minimum absolute atomic E-state index is 0.250. The molecular formula is C16H25. The molecule has 0 aliphatic carbocycles. The lowest BCUT2D eigenvalue weighted by Crippen LogP contribution is -2.25. The molecule has 0 saturated carbocycles. The molecule has 0 N–H and O–H groups in total. The van der Waals surface area contributed by atoms with Gasteiger partial charge in [0.15, 0.2) is 0 Å². The van der Waals surface area contributed by atoms with Gasteiger partial charge in [-0.05, 0) is 40.9 Å². The molecule has 0 atom stereocenters. The molecule has 0 spiro atoms. The number of hydrogen-bond donors (Lipinski definition) is 0. The van der Waals surface area contributed by atoms with Crippen LogP contribution < -0.4 is 0 Å². The third-order valence-corrected chi connectivity index (χ3v) is 4.09. The first kappa shape index (κ1) is 13.3. The number of benzene rings is 1. The van der Waals surface area contributed by atoms with Gasteiger partial charge in [-0.15, -0.1) is 0 Å². The Labute approximate surface area is 101 Å². The number of hydrogen-bond acceptors (Lipinski definition) is 0. The summed E-state index contributed by atoms with van der Waals surface area (Å²) >= 11 is 0. The van der Waals surface area contributed by atoms with Crippen LogP contribution in [-0.4, -0.2) is 0 Å². The van der Waals surface area contributed by atoms with Gasteiger partial charge in [0, 0.05) is 0 Å². The first-order valence-corrected chi connectivity index (χ1v) is 6.36. The van der Waals surface area contributed by atoms with Crippen molar-refractivity contribution >= 4 is 0 Å². The molecule has 16 heavy (non-hydrogen) atoms. The van der Waals surface area contributed by atoms with Crippen molar-refractivity contribution in [3.05, 3.63) is 35.4 Å². The fraction of sp³-hybridized carbons (Fsp3) is 0.625. The second-order valence-corrected chi connectivity index (χ2v) is 5.95. The van der Waals surface area contributed by atoms with E-state index in [4.69, 9.17) is 0 Å². The third-order valence-electron chi connectivity index (χ3n) is 4.09. The van der Waals surface area contributed by atoms with Crippen LogP contribution in [0.1, 0.15) is 65.5 Å². The fourth-order valence-electron chi connectivity index (χ4n) is 1.96. The van der Waals surface area contributed by atoms with Crippen LogP contribution in [0.4, 0.5) is 0 Å². The van der Waals surface area contributed by atoms with Gasteiger partial charge in [0.1, 0.15) is 0 Å². The molecule has 0 saturated heterocycles. The van der Waals surface area contributed by atoms with Crippen LogP contribution in [0.25, 0.3) is 0 Å². The van der Waals surface area contributed by atoms with Crippen molar-refractivity contribution in [2.24, 2.45) is 0 Å². The minimum Gasteiger partial charge on any atom is -0.0646 e. The van der Waals surface area contributed by atoms with Crippen LogP contribution in [-0.2, 0) is 10.8 Å². The maximum absolute atomic E-state index is 3.24. The van der Waals surface area contributed by atoms with Crippen molar-refractivity contribution in [3.63, 3.8) is 0 Å². The van der Waals surface area contributed by atoms with Crippen molar-refractivity contribution < 1.29 is 0 Å². The van der Waals surface area contributed by atoms with Crippen LogP contribution in [0, 0.1) is 6.07 Å². The smallest absolute Gasteiger partial charge is 0.0103 e. The van der Waals surface area contributed by atoms with E-state index in [-0.39, 0.29) is 10.8 Å². The zero-order valence-corrected chi connectivity index (χ0v) is 11.6. The topological polar surface area (TPSA) is 0 Å². The van der Waals surface area contributed by atoms with E-state index in [0.29, 0.717) is 0 Å². The lowest BCUT2D eigenvalue weighted by atomic mass is 9.71. The summed E-state index contributed by atoms with van der Waals surface area (Å²) in [5, 5.41) is 0. The average Bonchev–Trinajstić information content (AvgIpc) is 2.29. The van der Waals surface area contributed by atoms with E-state index in [0.717, 1.165) is 6.42 Å². The summed E-state index contributed by atoms with van der Waals surface area (Å²) in [5.74, 6) is 0. The fourth-order valence-corrected chi connectivity index (χ4v) is 1.96. The van der Waals surface area contributed by atoms with Crippen LogP contribution >= 0.6 is 0 Å². The van der Waals surface area contributed by atoms with Crippen molar-refractivity contribution in [3.8, 4) is 0 Å². The molecule has 0 aromatic heterocycles. The second-order valence-electron chi connectivity index (χ2n) is 5.95. The van der Waals surface area contributed by atoms with Gasteiger partial charge in [0.2, 0.25) is 0 Å². The van der Waals surface area contributed by atoms with E-state index in [9.17, 15) is 0 Å². The normalized spacial score (nSPS) is 12.9. The Kier molecular flexibility index (Phi) is 3.83. The van der Waals surface area contributed by atoms with E-state index in [1.807, 2.05) is 6.07 Å². The maximum Gasteiger partial charge on any atom is -0.0103 e. The minimum atomic E-state index is 0.250. The highest BCUT2D eigenvalue weighted by atomic mass is 14.3. The van der Waals surface area contributed by atoms with Gasteiger partial charge < -0.3 is 0 Å².